The first-order chi connectivity index (χ1) is 13.4. The molecule has 10 heteroatoms. The van der Waals surface area contributed by atoms with Crippen molar-refractivity contribution in [3.63, 3.8) is 0 Å². The fourth-order valence-corrected chi connectivity index (χ4v) is 3.84. The Morgan fingerprint density at radius 2 is 1.79 bits per heavy atom. The highest BCUT2D eigenvalue weighted by molar-refractivity contribution is 7.90. The van der Waals surface area contributed by atoms with E-state index < -0.39 is 20.9 Å². The lowest BCUT2D eigenvalue weighted by Crippen LogP contribution is -2.31. The molecule has 3 rings (SSSR count). The van der Waals surface area contributed by atoms with Crippen LogP contribution in [0.1, 0.15) is 23.2 Å². The molecule has 9 nitrogen and oxygen atoms in total. The number of nitro benzene ring substituents is 1. The second-order valence-corrected chi connectivity index (χ2v) is 7.95. The van der Waals surface area contributed by atoms with E-state index in [-0.39, 0.29) is 27.9 Å². The molecule has 0 aliphatic carbocycles. The monoisotopic (exact) mass is 405 g/mol. The van der Waals surface area contributed by atoms with Crippen LogP contribution in [-0.2, 0) is 14.8 Å². The number of nitrogens with one attached hydrogen (secondary N) is 2. The molecule has 0 spiro atoms. The van der Waals surface area contributed by atoms with E-state index in [1.54, 1.807) is 18.2 Å². The molecular weight excluding hydrogens is 386 g/mol. The maximum atomic E-state index is 12.5. The van der Waals surface area contributed by atoms with E-state index in [1.807, 2.05) is 4.72 Å². The third-order valence-corrected chi connectivity index (χ3v) is 5.65. The third kappa shape index (κ3) is 4.65. The van der Waals surface area contributed by atoms with Gasteiger partial charge in [0, 0.05) is 30.9 Å². The fraction of sp³-hybridized carbons (Fsp3) is 0.278. The summed E-state index contributed by atoms with van der Waals surface area (Å²) in [5, 5.41) is 14.5. The van der Waals surface area contributed by atoms with Crippen molar-refractivity contribution in [2.75, 3.05) is 18.5 Å². The second kappa shape index (κ2) is 8.36. The van der Waals surface area contributed by atoms with Gasteiger partial charge in [-0.1, -0.05) is 18.2 Å². The van der Waals surface area contributed by atoms with Crippen LogP contribution in [0.3, 0.4) is 0 Å². The van der Waals surface area contributed by atoms with Gasteiger partial charge in [-0.25, -0.2) is 13.1 Å². The quantitative estimate of drug-likeness (QED) is 0.557. The minimum atomic E-state index is -4.27. The topological polar surface area (TPSA) is 128 Å². The van der Waals surface area contributed by atoms with Gasteiger partial charge in [0.05, 0.1) is 9.82 Å². The molecule has 2 N–H and O–H groups in total. The molecule has 1 saturated heterocycles. The van der Waals surface area contributed by atoms with Crippen molar-refractivity contribution in [1.82, 2.24) is 4.72 Å². The number of carbonyl (C=O) groups is 1. The van der Waals surface area contributed by atoms with E-state index in [4.69, 9.17) is 4.74 Å². The minimum absolute atomic E-state index is 0.00712. The number of ether oxygens (including phenoxy) is 1. The van der Waals surface area contributed by atoms with E-state index in [9.17, 15) is 23.3 Å². The number of anilines is 1. The minimum Gasteiger partial charge on any atom is -0.381 e. The predicted octanol–water partition coefficient (Wildman–Crippen LogP) is 2.30. The van der Waals surface area contributed by atoms with Gasteiger partial charge in [0.25, 0.3) is 21.6 Å². The van der Waals surface area contributed by atoms with Crippen LogP contribution in [0.15, 0.2) is 53.4 Å². The van der Waals surface area contributed by atoms with Crippen LogP contribution >= 0.6 is 0 Å². The van der Waals surface area contributed by atoms with E-state index in [2.05, 4.69) is 5.32 Å². The Labute approximate surface area is 161 Å². The highest BCUT2D eigenvalue weighted by Gasteiger charge is 2.25. The molecule has 0 radical (unpaired) electrons. The van der Waals surface area contributed by atoms with Crippen LogP contribution in [0.25, 0.3) is 0 Å². The van der Waals surface area contributed by atoms with Crippen molar-refractivity contribution in [1.29, 1.82) is 0 Å². The Hall–Kier alpha value is -2.98. The Bertz CT molecular complexity index is 972. The van der Waals surface area contributed by atoms with Gasteiger partial charge in [0.1, 0.15) is 5.69 Å². The van der Waals surface area contributed by atoms with Crippen molar-refractivity contribution in [2.24, 2.45) is 0 Å². The summed E-state index contributed by atoms with van der Waals surface area (Å²) in [7, 11) is -4.27. The molecular formula is C18H19N3O6S. The standard InChI is InChI=1S/C18H19N3O6S/c22-18(13-4-2-1-3-5-13)20-28(25,26)15-6-7-16(17(12-15)21(23)24)19-14-8-10-27-11-9-14/h1-7,12,14,19H,8-11H2,(H,20,22). The molecule has 148 valence electrons. The zero-order valence-corrected chi connectivity index (χ0v) is 15.6. The summed E-state index contributed by atoms with van der Waals surface area (Å²) < 4.78 is 32.2. The average molecular weight is 405 g/mol. The molecule has 1 fully saturated rings. The van der Waals surface area contributed by atoms with Crippen LogP contribution in [0, 0.1) is 10.1 Å². The molecule has 0 bridgehead atoms. The maximum absolute atomic E-state index is 12.5. The van der Waals surface area contributed by atoms with Crippen molar-refractivity contribution in [2.45, 2.75) is 23.8 Å². The maximum Gasteiger partial charge on any atom is 0.293 e. The number of amides is 1. The zero-order valence-electron chi connectivity index (χ0n) is 14.8. The van der Waals surface area contributed by atoms with Crippen molar-refractivity contribution in [3.05, 3.63) is 64.2 Å². The van der Waals surface area contributed by atoms with E-state index >= 15 is 0 Å². The summed E-state index contributed by atoms with van der Waals surface area (Å²) in [6.07, 6.45) is 1.40. The van der Waals surface area contributed by atoms with Gasteiger partial charge in [0.2, 0.25) is 0 Å². The van der Waals surface area contributed by atoms with Crippen molar-refractivity contribution < 1.29 is 22.9 Å². The third-order valence-electron chi connectivity index (χ3n) is 4.32. The van der Waals surface area contributed by atoms with Gasteiger partial charge < -0.3 is 10.1 Å². The molecule has 2 aromatic rings. The van der Waals surface area contributed by atoms with E-state index in [1.165, 1.54) is 24.3 Å². The van der Waals surface area contributed by atoms with Gasteiger partial charge in [0.15, 0.2) is 0 Å². The number of rotatable bonds is 6. The van der Waals surface area contributed by atoms with Crippen molar-refractivity contribution >= 4 is 27.3 Å². The predicted molar refractivity (Wildman–Crippen MR) is 102 cm³/mol. The number of nitro groups is 1. The lowest BCUT2D eigenvalue weighted by Gasteiger charge is -2.24. The number of carbonyl (C=O) groups excluding carboxylic acids is 1. The molecule has 1 aliphatic heterocycles. The summed E-state index contributed by atoms with van der Waals surface area (Å²) in [4.78, 5) is 22.6. The van der Waals surface area contributed by atoms with Gasteiger partial charge in [-0.3, -0.25) is 14.9 Å². The number of hydrogen-bond acceptors (Lipinski definition) is 7. The number of benzene rings is 2. The Kier molecular flexibility index (Phi) is 5.90. The SMILES string of the molecule is O=C(NS(=O)(=O)c1ccc(NC2CCOCC2)c([N+](=O)[O-])c1)c1ccccc1. The van der Waals surface area contributed by atoms with Crippen LogP contribution in [0.5, 0.6) is 0 Å². The summed E-state index contributed by atoms with van der Waals surface area (Å²) in [5.41, 5.74) is 0.0186. The highest BCUT2D eigenvalue weighted by Crippen LogP contribution is 2.29. The van der Waals surface area contributed by atoms with Gasteiger partial charge in [-0.15, -0.1) is 0 Å². The van der Waals surface area contributed by atoms with Gasteiger partial charge in [-0.2, -0.15) is 0 Å². The van der Waals surface area contributed by atoms with Crippen LogP contribution in [0.4, 0.5) is 11.4 Å². The summed E-state index contributed by atoms with van der Waals surface area (Å²) >= 11 is 0. The molecule has 1 heterocycles. The van der Waals surface area contributed by atoms with Crippen LogP contribution in [0.2, 0.25) is 0 Å². The first kappa shape index (κ1) is 19.8. The van der Waals surface area contributed by atoms with Gasteiger partial charge >= 0.3 is 0 Å². The van der Waals surface area contributed by atoms with E-state index in [0.29, 0.717) is 26.1 Å². The average Bonchev–Trinajstić information content (AvgIpc) is 2.69. The highest BCUT2D eigenvalue weighted by atomic mass is 32.2. The molecule has 0 unspecified atom stereocenters. The molecule has 1 amide bonds. The lowest BCUT2D eigenvalue weighted by molar-refractivity contribution is -0.384. The lowest BCUT2D eigenvalue weighted by atomic mass is 10.1. The first-order valence-electron chi connectivity index (χ1n) is 8.62. The summed E-state index contributed by atoms with van der Waals surface area (Å²) in [6.45, 7) is 1.12. The number of nitrogens with zero attached hydrogens (tertiary/aromatic N) is 1. The Morgan fingerprint density at radius 1 is 1.11 bits per heavy atom. The normalized spacial score (nSPS) is 15.0. The van der Waals surface area contributed by atoms with Crippen LogP contribution in [-0.4, -0.2) is 38.5 Å². The molecule has 2 aromatic carbocycles. The van der Waals surface area contributed by atoms with E-state index in [0.717, 1.165) is 6.07 Å². The largest absolute Gasteiger partial charge is 0.381 e. The fourth-order valence-electron chi connectivity index (χ4n) is 2.84. The number of hydrogen-bond donors (Lipinski definition) is 2. The zero-order chi connectivity index (χ0) is 20.1. The molecule has 0 atom stereocenters. The molecule has 0 aromatic heterocycles. The Morgan fingerprint density at radius 3 is 2.43 bits per heavy atom. The Balaban J connectivity index is 1.83. The first-order valence-corrected chi connectivity index (χ1v) is 10.1. The number of sulfonamides is 1. The molecule has 28 heavy (non-hydrogen) atoms. The molecule has 0 saturated carbocycles. The van der Waals surface area contributed by atoms with Crippen molar-refractivity contribution in [3.8, 4) is 0 Å². The van der Waals surface area contributed by atoms with Gasteiger partial charge in [-0.05, 0) is 37.1 Å². The summed E-state index contributed by atoms with van der Waals surface area (Å²) in [6, 6.07) is 11.4. The molecule has 1 aliphatic rings. The smallest absolute Gasteiger partial charge is 0.293 e. The second-order valence-electron chi connectivity index (χ2n) is 6.27. The summed E-state index contributed by atoms with van der Waals surface area (Å²) in [5.74, 6) is -0.812. The van der Waals surface area contributed by atoms with Crippen LogP contribution < -0.4 is 10.0 Å².